The van der Waals surface area contributed by atoms with Crippen LogP contribution in [0.25, 0.3) is 0 Å². The average Bonchev–Trinajstić information content (AvgIpc) is 3.53. The Labute approximate surface area is 209 Å². The van der Waals surface area contributed by atoms with Crippen molar-refractivity contribution in [1.82, 2.24) is 10.2 Å². The van der Waals surface area contributed by atoms with Crippen molar-refractivity contribution in [3.8, 4) is 11.5 Å². The van der Waals surface area contributed by atoms with Gasteiger partial charge in [-0.05, 0) is 29.8 Å². The first-order valence-electron chi connectivity index (χ1n) is 12.2. The molecule has 3 aliphatic rings. The van der Waals surface area contributed by atoms with Gasteiger partial charge in [-0.2, -0.15) is 0 Å². The standard InChI is InChI=1S/C26H30N4O6/c31-24(6-7-29-8-10-34-11-9-29)28-20-3-1-2-18(12-20)15-27-26(33)19-13-25(32)30(16-19)21-4-5-22-23(14-21)36-17-35-22/h1-5,12,14,19H,6-11,13,15-17H2,(H,27,33)(H,28,31). The second-order valence-corrected chi connectivity index (χ2v) is 9.11. The fraction of sp³-hybridized carbons (Fsp3) is 0.423. The van der Waals surface area contributed by atoms with Gasteiger partial charge in [0.1, 0.15) is 0 Å². The minimum Gasteiger partial charge on any atom is -0.454 e. The zero-order valence-corrected chi connectivity index (χ0v) is 20.0. The average molecular weight is 495 g/mol. The zero-order chi connectivity index (χ0) is 24.9. The molecule has 3 heterocycles. The minimum atomic E-state index is -0.439. The minimum absolute atomic E-state index is 0.0456. The van der Waals surface area contributed by atoms with Crippen LogP contribution in [0.5, 0.6) is 11.5 Å². The van der Waals surface area contributed by atoms with Gasteiger partial charge in [0.25, 0.3) is 0 Å². The number of carbonyl (C=O) groups excluding carboxylic acids is 3. The van der Waals surface area contributed by atoms with Crippen LogP contribution < -0.4 is 25.0 Å². The molecule has 1 atom stereocenters. The van der Waals surface area contributed by atoms with E-state index in [-0.39, 0.29) is 30.9 Å². The van der Waals surface area contributed by atoms with Crippen LogP contribution in [0.2, 0.25) is 0 Å². The van der Waals surface area contributed by atoms with E-state index in [0.29, 0.717) is 62.1 Å². The monoisotopic (exact) mass is 494 g/mol. The van der Waals surface area contributed by atoms with E-state index in [1.54, 1.807) is 23.1 Å². The predicted octanol–water partition coefficient (Wildman–Crippen LogP) is 1.75. The van der Waals surface area contributed by atoms with Gasteiger partial charge in [0.15, 0.2) is 11.5 Å². The topological polar surface area (TPSA) is 109 Å². The molecule has 190 valence electrons. The van der Waals surface area contributed by atoms with E-state index in [2.05, 4.69) is 15.5 Å². The van der Waals surface area contributed by atoms with Crippen LogP contribution in [0.4, 0.5) is 11.4 Å². The molecule has 0 spiro atoms. The van der Waals surface area contributed by atoms with Gasteiger partial charge in [-0.15, -0.1) is 0 Å². The second kappa shape index (κ2) is 11.0. The summed E-state index contributed by atoms with van der Waals surface area (Å²) in [5, 5.41) is 5.86. The molecule has 2 N–H and O–H groups in total. The number of fused-ring (bicyclic) bond motifs is 1. The number of carbonyl (C=O) groups is 3. The van der Waals surface area contributed by atoms with Gasteiger partial charge in [-0.1, -0.05) is 12.1 Å². The Morgan fingerprint density at radius 3 is 2.72 bits per heavy atom. The largest absolute Gasteiger partial charge is 0.454 e. The second-order valence-electron chi connectivity index (χ2n) is 9.11. The lowest BCUT2D eigenvalue weighted by Gasteiger charge is -2.26. The Balaban J connectivity index is 1.10. The third kappa shape index (κ3) is 5.77. The molecule has 5 rings (SSSR count). The fourth-order valence-electron chi connectivity index (χ4n) is 4.59. The molecule has 0 radical (unpaired) electrons. The Morgan fingerprint density at radius 1 is 1.03 bits per heavy atom. The van der Waals surface area contributed by atoms with Gasteiger partial charge >= 0.3 is 0 Å². The molecule has 10 heteroatoms. The molecule has 0 saturated carbocycles. The summed E-state index contributed by atoms with van der Waals surface area (Å²) in [6.45, 7) is 4.61. The molecule has 0 aliphatic carbocycles. The summed E-state index contributed by atoms with van der Waals surface area (Å²) in [5.74, 6) is 0.487. The van der Waals surface area contributed by atoms with Crippen LogP contribution in [0.15, 0.2) is 42.5 Å². The quantitative estimate of drug-likeness (QED) is 0.575. The summed E-state index contributed by atoms with van der Waals surface area (Å²) in [6, 6.07) is 12.8. The van der Waals surface area contributed by atoms with Crippen molar-refractivity contribution in [3.63, 3.8) is 0 Å². The van der Waals surface area contributed by atoms with Crippen molar-refractivity contribution in [2.45, 2.75) is 19.4 Å². The first-order chi connectivity index (χ1) is 17.5. The van der Waals surface area contributed by atoms with Crippen LogP contribution in [0, 0.1) is 5.92 Å². The van der Waals surface area contributed by atoms with Crippen LogP contribution in [0.1, 0.15) is 18.4 Å². The Bertz CT molecular complexity index is 1130. The highest BCUT2D eigenvalue weighted by atomic mass is 16.7. The molecule has 10 nitrogen and oxygen atoms in total. The first-order valence-corrected chi connectivity index (χ1v) is 12.2. The molecule has 3 aliphatic heterocycles. The lowest BCUT2D eigenvalue weighted by molar-refractivity contribution is -0.126. The molecular formula is C26H30N4O6. The zero-order valence-electron chi connectivity index (χ0n) is 20.0. The molecule has 2 fully saturated rings. The molecule has 0 aromatic heterocycles. The van der Waals surface area contributed by atoms with E-state index in [1.165, 1.54) is 0 Å². The summed E-state index contributed by atoms with van der Waals surface area (Å²) in [4.78, 5) is 41.6. The van der Waals surface area contributed by atoms with Crippen LogP contribution >= 0.6 is 0 Å². The van der Waals surface area contributed by atoms with Crippen molar-refractivity contribution in [2.24, 2.45) is 5.92 Å². The summed E-state index contributed by atoms with van der Waals surface area (Å²) >= 11 is 0. The Kier molecular flexibility index (Phi) is 7.33. The van der Waals surface area contributed by atoms with E-state index < -0.39 is 5.92 Å². The molecule has 36 heavy (non-hydrogen) atoms. The lowest BCUT2D eigenvalue weighted by atomic mass is 10.1. The number of ether oxygens (including phenoxy) is 3. The van der Waals surface area contributed by atoms with Gasteiger partial charge in [0.2, 0.25) is 24.5 Å². The highest BCUT2D eigenvalue weighted by molar-refractivity contribution is 6.00. The predicted molar refractivity (Wildman–Crippen MR) is 132 cm³/mol. The normalized spacial score (nSPS) is 19.4. The van der Waals surface area contributed by atoms with E-state index in [1.807, 2.05) is 24.3 Å². The van der Waals surface area contributed by atoms with Gasteiger partial charge in [-0.25, -0.2) is 0 Å². The van der Waals surface area contributed by atoms with Gasteiger partial charge in [-0.3, -0.25) is 19.3 Å². The van der Waals surface area contributed by atoms with E-state index in [4.69, 9.17) is 14.2 Å². The van der Waals surface area contributed by atoms with E-state index >= 15 is 0 Å². The molecule has 2 saturated heterocycles. The number of nitrogens with one attached hydrogen (secondary N) is 2. The molecule has 1 unspecified atom stereocenters. The van der Waals surface area contributed by atoms with E-state index in [9.17, 15) is 14.4 Å². The number of morpholine rings is 1. The van der Waals surface area contributed by atoms with Gasteiger partial charge in [0.05, 0.1) is 19.1 Å². The van der Waals surface area contributed by atoms with Gasteiger partial charge < -0.3 is 29.7 Å². The molecular weight excluding hydrogens is 464 g/mol. The Hall–Kier alpha value is -3.63. The van der Waals surface area contributed by atoms with Crippen molar-refractivity contribution in [2.75, 3.05) is 56.4 Å². The van der Waals surface area contributed by atoms with Crippen LogP contribution in [0.3, 0.4) is 0 Å². The van der Waals surface area contributed by atoms with E-state index in [0.717, 1.165) is 18.7 Å². The number of nitrogens with zero attached hydrogens (tertiary/aromatic N) is 2. The van der Waals surface area contributed by atoms with Crippen LogP contribution in [-0.2, 0) is 25.7 Å². The van der Waals surface area contributed by atoms with Crippen molar-refractivity contribution in [3.05, 3.63) is 48.0 Å². The lowest BCUT2D eigenvalue weighted by Crippen LogP contribution is -2.38. The SMILES string of the molecule is O=C(CCN1CCOCC1)Nc1cccc(CNC(=O)C2CC(=O)N(c3ccc4c(c3)OCO4)C2)c1. The highest BCUT2D eigenvalue weighted by Gasteiger charge is 2.35. The molecule has 3 amide bonds. The number of rotatable bonds is 8. The molecule has 0 bridgehead atoms. The maximum atomic E-state index is 12.8. The number of hydrogen-bond donors (Lipinski definition) is 2. The highest BCUT2D eigenvalue weighted by Crippen LogP contribution is 2.37. The number of amides is 3. The van der Waals surface area contributed by atoms with Crippen LogP contribution in [-0.4, -0.2) is 68.8 Å². The number of anilines is 2. The smallest absolute Gasteiger partial charge is 0.231 e. The van der Waals surface area contributed by atoms with Crippen molar-refractivity contribution < 1.29 is 28.6 Å². The Morgan fingerprint density at radius 2 is 1.86 bits per heavy atom. The third-order valence-corrected chi connectivity index (χ3v) is 6.60. The molecule has 2 aromatic rings. The summed E-state index contributed by atoms with van der Waals surface area (Å²) < 4.78 is 16.1. The summed E-state index contributed by atoms with van der Waals surface area (Å²) in [5.41, 5.74) is 2.25. The van der Waals surface area contributed by atoms with Gasteiger partial charge in [0, 0.05) is 63.0 Å². The number of benzene rings is 2. The maximum Gasteiger partial charge on any atom is 0.231 e. The maximum absolute atomic E-state index is 12.8. The summed E-state index contributed by atoms with van der Waals surface area (Å²) in [6.07, 6.45) is 0.566. The third-order valence-electron chi connectivity index (χ3n) is 6.60. The van der Waals surface area contributed by atoms with Crippen molar-refractivity contribution in [1.29, 1.82) is 0 Å². The first kappa shape index (κ1) is 24.1. The summed E-state index contributed by atoms with van der Waals surface area (Å²) in [7, 11) is 0. The van der Waals surface area contributed by atoms with Crippen molar-refractivity contribution >= 4 is 29.1 Å². The molecule has 2 aromatic carbocycles. The fourth-order valence-corrected chi connectivity index (χ4v) is 4.59. The number of hydrogen-bond acceptors (Lipinski definition) is 7.